The summed E-state index contributed by atoms with van der Waals surface area (Å²) >= 11 is 5.92. The van der Waals surface area contributed by atoms with Gasteiger partial charge in [0, 0.05) is 36.1 Å². The Morgan fingerprint density at radius 1 is 0.776 bits per heavy atom. The molecule has 4 aromatic rings. The number of carboxylic acid groups (broad SMARTS) is 1. The predicted molar refractivity (Wildman–Crippen MR) is 217 cm³/mol. The molecule has 58 heavy (non-hydrogen) atoms. The molecule has 5 rings (SSSR count). The van der Waals surface area contributed by atoms with Crippen LogP contribution in [0.5, 0.6) is 11.5 Å². The SMILES string of the molecule is CC(C)C[C@H](NC(=O)COc1ccccc1C(=O)c1ccccc1)C(=O)N[C@@H](Cc1ccc(OC(=O)N2CCC(NC(=O)Cc3ccc(Cl)cc3)CC2)cc1)C(=O)O. The highest BCUT2D eigenvalue weighted by atomic mass is 35.5. The lowest BCUT2D eigenvalue weighted by Gasteiger charge is -2.31. The average molecular weight is 811 g/mol. The van der Waals surface area contributed by atoms with Crippen molar-refractivity contribution in [1.82, 2.24) is 20.9 Å². The number of halogens is 1. The second-order valence-electron chi connectivity index (χ2n) is 14.5. The first-order valence-corrected chi connectivity index (χ1v) is 19.5. The number of nitrogens with zero attached hydrogens (tertiary/aromatic N) is 1. The molecule has 0 aliphatic carbocycles. The molecular weight excluding hydrogens is 764 g/mol. The summed E-state index contributed by atoms with van der Waals surface area (Å²) < 4.78 is 11.3. The van der Waals surface area contributed by atoms with E-state index in [-0.39, 0.29) is 60.0 Å². The van der Waals surface area contributed by atoms with E-state index in [9.17, 15) is 33.9 Å². The molecule has 4 amide bonds. The molecule has 0 bridgehead atoms. The molecule has 0 spiro atoms. The number of ether oxygens (including phenoxy) is 2. The molecule has 14 heteroatoms. The fraction of sp³-hybridized carbons (Fsp3) is 0.318. The van der Waals surface area contributed by atoms with Crippen LogP contribution in [0.1, 0.15) is 60.2 Å². The number of benzene rings is 4. The van der Waals surface area contributed by atoms with Gasteiger partial charge in [0.2, 0.25) is 11.8 Å². The first-order valence-electron chi connectivity index (χ1n) is 19.1. The molecule has 1 heterocycles. The van der Waals surface area contributed by atoms with Crippen LogP contribution in [0.3, 0.4) is 0 Å². The van der Waals surface area contributed by atoms with Gasteiger partial charge < -0.3 is 35.4 Å². The lowest BCUT2D eigenvalue weighted by molar-refractivity contribution is -0.142. The normalized spacial score (nSPS) is 13.8. The van der Waals surface area contributed by atoms with Crippen molar-refractivity contribution >= 4 is 47.2 Å². The van der Waals surface area contributed by atoms with Gasteiger partial charge in [0.05, 0.1) is 12.0 Å². The predicted octanol–water partition coefficient (Wildman–Crippen LogP) is 5.61. The fourth-order valence-corrected chi connectivity index (χ4v) is 6.57. The van der Waals surface area contributed by atoms with Crippen molar-refractivity contribution in [3.8, 4) is 11.5 Å². The molecule has 13 nitrogen and oxygen atoms in total. The van der Waals surface area contributed by atoms with Crippen LogP contribution in [-0.2, 0) is 32.0 Å². The minimum absolute atomic E-state index is 0.0299. The standard InChI is InChI=1S/C44H47ClN4O9/c1-28(2)24-36(47-40(51)27-57-38-11-7-6-10-35(38)41(52)31-8-4-3-5-9-31)42(53)48-37(43(54)55)25-29-14-18-34(19-15-29)58-44(56)49-22-20-33(21-23-49)46-39(50)26-30-12-16-32(45)17-13-30/h3-19,28,33,36-37H,20-27H2,1-2H3,(H,46,50)(H,47,51)(H,48,53)(H,54,55)/t36-,37-/m0/s1. The Hall–Kier alpha value is -6.21. The highest BCUT2D eigenvalue weighted by molar-refractivity contribution is 6.30. The molecule has 1 saturated heterocycles. The van der Waals surface area contributed by atoms with E-state index in [0.717, 1.165) is 5.56 Å². The van der Waals surface area contributed by atoms with Gasteiger partial charge in [0.15, 0.2) is 12.4 Å². The van der Waals surface area contributed by atoms with Crippen molar-refractivity contribution < 1.29 is 43.3 Å². The van der Waals surface area contributed by atoms with E-state index in [1.54, 1.807) is 95.9 Å². The number of amides is 4. The summed E-state index contributed by atoms with van der Waals surface area (Å²) in [6.45, 7) is 4.05. The molecule has 0 unspecified atom stereocenters. The first kappa shape index (κ1) is 42.9. The third kappa shape index (κ3) is 12.9. The number of hydrogen-bond acceptors (Lipinski definition) is 8. The monoisotopic (exact) mass is 810 g/mol. The van der Waals surface area contributed by atoms with Crippen LogP contribution < -0.4 is 25.4 Å². The number of carboxylic acids is 1. The van der Waals surface area contributed by atoms with Crippen LogP contribution in [0.25, 0.3) is 0 Å². The Bertz CT molecular complexity index is 2050. The summed E-state index contributed by atoms with van der Waals surface area (Å²) in [5.41, 5.74) is 2.15. The molecule has 0 saturated carbocycles. The zero-order chi connectivity index (χ0) is 41.6. The molecule has 4 N–H and O–H groups in total. The molecule has 2 atom stereocenters. The number of piperidine rings is 1. The fourth-order valence-electron chi connectivity index (χ4n) is 6.45. The lowest BCUT2D eigenvalue weighted by Crippen LogP contribution is -2.53. The number of hydrogen-bond donors (Lipinski definition) is 4. The molecule has 0 aromatic heterocycles. The molecule has 304 valence electrons. The largest absolute Gasteiger partial charge is 0.483 e. The summed E-state index contributed by atoms with van der Waals surface area (Å²) in [4.78, 5) is 78.7. The second-order valence-corrected chi connectivity index (χ2v) is 14.9. The van der Waals surface area contributed by atoms with Gasteiger partial charge in [-0.15, -0.1) is 0 Å². The Balaban J connectivity index is 1.09. The van der Waals surface area contributed by atoms with Crippen molar-refractivity contribution in [3.05, 3.63) is 130 Å². The van der Waals surface area contributed by atoms with Gasteiger partial charge in [0.1, 0.15) is 23.6 Å². The van der Waals surface area contributed by atoms with E-state index >= 15 is 0 Å². The van der Waals surface area contributed by atoms with Gasteiger partial charge in [0.25, 0.3) is 5.91 Å². The van der Waals surface area contributed by atoms with E-state index in [2.05, 4.69) is 16.0 Å². The molecule has 1 aliphatic rings. The van der Waals surface area contributed by atoms with Gasteiger partial charge in [-0.1, -0.05) is 92.2 Å². The van der Waals surface area contributed by atoms with Crippen molar-refractivity contribution in [2.24, 2.45) is 5.92 Å². The van der Waals surface area contributed by atoms with Gasteiger partial charge in [-0.2, -0.15) is 0 Å². The minimum Gasteiger partial charge on any atom is -0.483 e. The van der Waals surface area contributed by atoms with Crippen LogP contribution in [0.2, 0.25) is 5.02 Å². The molecule has 1 aliphatic heterocycles. The number of carbonyl (C=O) groups is 6. The van der Waals surface area contributed by atoms with Gasteiger partial charge >= 0.3 is 12.1 Å². The minimum atomic E-state index is -1.33. The number of carbonyl (C=O) groups excluding carboxylic acids is 5. The van der Waals surface area contributed by atoms with Crippen LogP contribution >= 0.6 is 11.6 Å². The second kappa shape index (κ2) is 20.8. The number of aliphatic carboxylic acids is 1. The summed E-state index contributed by atoms with van der Waals surface area (Å²) in [6.07, 6.45) is 0.991. The maximum Gasteiger partial charge on any atom is 0.415 e. The average Bonchev–Trinajstić information content (AvgIpc) is 3.21. The van der Waals surface area contributed by atoms with Gasteiger partial charge in [-0.25, -0.2) is 9.59 Å². The van der Waals surface area contributed by atoms with Crippen LogP contribution in [0, 0.1) is 5.92 Å². The van der Waals surface area contributed by atoms with Crippen molar-refractivity contribution in [2.75, 3.05) is 19.7 Å². The summed E-state index contributed by atoms with van der Waals surface area (Å²) in [5.74, 6) is -2.51. The lowest BCUT2D eigenvalue weighted by atomic mass is 10.0. The first-order chi connectivity index (χ1) is 27.8. The summed E-state index contributed by atoms with van der Waals surface area (Å²) in [7, 11) is 0. The zero-order valence-corrected chi connectivity index (χ0v) is 33.1. The summed E-state index contributed by atoms with van der Waals surface area (Å²) in [5, 5.41) is 18.8. The van der Waals surface area contributed by atoms with Crippen molar-refractivity contribution in [1.29, 1.82) is 0 Å². The van der Waals surface area contributed by atoms with E-state index in [1.807, 2.05) is 26.0 Å². The third-order valence-electron chi connectivity index (χ3n) is 9.46. The molecule has 1 fully saturated rings. The van der Waals surface area contributed by atoms with E-state index in [0.29, 0.717) is 42.1 Å². The Morgan fingerprint density at radius 3 is 2.07 bits per heavy atom. The number of ketones is 1. The van der Waals surface area contributed by atoms with Gasteiger partial charge in [-0.05, 0) is 72.7 Å². The number of nitrogens with one attached hydrogen (secondary N) is 3. The van der Waals surface area contributed by atoms with Crippen molar-refractivity contribution in [3.63, 3.8) is 0 Å². The zero-order valence-electron chi connectivity index (χ0n) is 32.3. The highest BCUT2D eigenvalue weighted by Crippen LogP contribution is 2.22. The topological polar surface area (TPSA) is 180 Å². The number of para-hydroxylation sites is 1. The van der Waals surface area contributed by atoms with Crippen LogP contribution in [0.4, 0.5) is 4.79 Å². The Kier molecular flexibility index (Phi) is 15.4. The molecular formula is C44H47ClN4O9. The van der Waals surface area contributed by atoms with E-state index in [1.165, 1.54) is 0 Å². The van der Waals surface area contributed by atoms with Crippen molar-refractivity contribution in [2.45, 2.75) is 64.1 Å². The maximum atomic E-state index is 13.4. The third-order valence-corrected chi connectivity index (χ3v) is 9.72. The maximum absolute atomic E-state index is 13.4. The van der Waals surface area contributed by atoms with Crippen LogP contribution in [-0.4, -0.2) is 83.4 Å². The highest BCUT2D eigenvalue weighted by Gasteiger charge is 2.29. The van der Waals surface area contributed by atoms with E-state index in [4.69, 9.17) is 21.1 Å². The van der Waals surface area contributed by atoms with Gasteiger partial charge in [-0.3, -0.25) is 19.2 Å². The smallest absolute Gasteiger partial charge is 0.415 e. The quantitative estimate of drug-likeness (QED) is 0.0986. The molecule has 0 radical (unpaired) electrons. The molecule has 4 aromatic carbocycles. The Labute approximate surface area is 342 Å². The van der Waals surface area contributed by atoms with Crippen LogP contribution in [0.15, 0.2) is 103 Å². The summed E-state index contributed by atoms with van der Waals surface area (Å²) in [6, 6.07) is 26.2. The number of likely N-dealkylation sites (tertiary alicyclic amines) is 1. The Morgan fingerprint density at radius 2 is 1.41 bits per heavy atom. The van der Waals surface area contributed by atoms with E-state index < -0.39 is 42.6 Å². The number of rotatable bonds is 17.